The fourth-order valence-electron chi connectivity index (χ4n) is 9.57. The van der Waals surface area contributed by atoms with Crippen molar-refractivity contribution in [3.05, 3.63) is 63.1 Å². The van der Waals surface area contributed by atoms with E-state index in [0.717, 1.165) is 23.9 Å². The van der Waals surface area contributed by atoms with Gasteiger partial charge in [-0.25, -0.2) is 13.8 Å². The third kappa shape index (κ3) is 4.67. The maximum Gasteiger partial charge on any atom is 0.345 e. The Morgan fingerprint density at radius 1 is 1.20 bits per heavy atom. The van der Waals surface area contributed by atoms with Gasteiger partial charge in [0.15, 0.2) is 11.5 Å². The van der Waals surface area contributed by atoms with E-state index in [1.54, 1.807) is 30.0 Å². The summed E-state index contributed by atoms with van der Waals surface area (Å²) in [7, 11) is 0. The van der Waals surface area contributed by atoms with Gasteiger partial charge in [-0.15, -0.1) is 0 Å². The maximum absolute atomic E-state index is 17.1. The van der Waals surface area contributed by atoms with Crippen molar-refractivity contribution in [3.63, 3.8) is 0 Å². The Morgan fingerprint density at radius 2 is 2.00 bits per heavy atom. The first-order chi connectivity index (χ1) is 24.0. The minimum absolute atomic E-state index is 0.0639. The quantitative estimate of drug-likeness (QED) is 0.185. The molecule has 1 N–H and O–H groups in total. The zero-order valence-electron chi connectivity index (χ0n) is 27.0. The van der Waals surface area contributed by atoms with Crippen molar-refractivity contribution in [2.45, 2.75) is 94.4 Å². The van der Waals surface area contributed by atoms with Crippen LogP contribution in [0.15, 0.2) is 30.3 Å². The molecule has 3 saturated carbocycles. The van der Waals surface area contributed by atoms with E-state index in [-0.39, 0.29) is 71.2 Å². The van der Waals surface area contributed by atoms with Crippen molar-refractivity contribution in [2.75, 3.05) is 6.54 Å². The highest BCUT2D eigenvalue weighted by Gasteiger charge is 2.62. The van der Waals surface area contributed by atoms with Crippen LogP contribution in [0.4, 0.5) is 17.6 Å². The first-order valence-corrected chi connectivity index (χ1v) is 17.9. The molecular formula is C37H33Cl2F4N5O2. The lowest BCUT2D eigenvalue weighted by Crippen LogP contribution is -2.49. The van der Waals surface area contributed by atoms with Crippen LogP contribution in [-0.2, 0) is 16.0 Å². The highest BCUT2D eigenvalue weighted by molar-refractivity contribution is 6.43. The molecule has 50 heavy (non-hydrogen) atoms. The SMILES string of the molecule is Cc1nc2c(F)c(-c3cccc(Cl)c3Cl)c(CCC#N)cc2c2c1cc([C@H]1[C@H]3C[C@H](C[C@@H]3OC(F)F)N1C(=O)C1(F)CC1)n2[C@H]1[C@H]2CN[C@@H]1C2. The van der Waals surface area contributed by atoms with Crippen LogP contribution in [0.5, 0.6) is 0 Å². The number of likely N-dealkylation sites (tertiary alicyclic amines) is 1. The number of rotatable bonds is 8. The monoisotopic (exact) mass is 725 g/mol. The summed E-state index contributed by atoms with van der Waals surface area (Å²) in [5, 5.41) is 14.8. The van der Waals surface area contributed by atoms with Gasteiger partial charge in [0.25, 0.3) is 5.91 Å². The Bertz CT molecular complexity index is 2130. The molecule has 6 fully saturated rings. The van der Waals surface area contributed by atoms with Gasteiger partial charge in [-0.05, 0) is 75.1 Å². The molecule has 0 spiro atoms. The van der Waals surface area contributed by atoms with Crippen LogP contribution in [0.3, 0.4) is 0 Å². The minimum atomic E-state index is -2.98. The molecule has 3 saturated heterocycles. The first kappa shape index (κ1) is 32.5. The fourth-order valence-corrected chi connectivity index (χ4v) is 9.96. The molecule has 7 atom stereocenters. The van der Waals surface area contributed by atoms with Crippen LogP contribution in [0.1, 0.15) is 67.6 Å². The molecule has 4 bridgehead atoms. The summed E-state index contributed by atoms with van der Waals surface area (Å²) in [6, 6.07) is 9.88. The summed E-state index contributed by atoms with van der Waals surface area (Å²) < 4.78 is 67.4. The van der Waals surface area contributed by atoms with Gasteiger partial charge in [-0.3, -0.25) is 4.79 Å². The smallest absolute Gasteiger partial charge is 0.337 e. The summed E-state index contributed by atoms with van der Waals surface area (Å²) >= 11 is 13.0. The Balaban J connectivity index is 1.32. The molecule has 5 heterocycles. The standard InChI is InChI=1S/C37H33Cl2F4N5O2/c1-16-21-14-26(34-22-12-19(13-27(22)50-36(41)42)47(34)35(49)37(43)7-8-37)48(32-18-11-25(32)45-15-18)33(21)23-10-17(4-3-9-44)28(30(40)31(23)46-16)20-5-2-6-24(38)29(20)39/h2,5-6,10,14,18-19,22,25,27,32,34,36,45H,3-4,7-8,11-13,15H2,1H3/t18-,19-,22+,25-,27+,32+,34-/m1/s1. The molecule has 0 radical (unpaired) electrons. The van der Waals surface area contributed by atoms with E-state index < -0.39 is 48.1 Å². The molecule has 6 aliphatic rings. The summed E-state index contributed by atoms with van der Waals surface area (Å²) in [4.78, 5) is 20.3. The van der Waals surface area contributed by atoms with Crippen LogP contribution in [0.2, 0.25) is 10.0 Å². The second kappa shape index (κ2) is 11.5. The van der Waals surface area contributed by atoms with E-state index in [1.165, 1.54) is 0 Å². The van der Waals surface area contributed by atoms with Crippen molar-refractivity contribution in [2.24, 2.45) is 11.8 Å². The minimum Gasteiger partial charge on any atom is -0.337 e. The van der Waals surface area contributed by atoms with E-state index in [0.29, 0.717) is 34.3 Å². The number of pyridine rings is 1. The normalized spacial score (nSPS) is 28.9. The number of aromatic nitrogens is 2. The van der Waals surface area contributed by atoms with Gasteiger partial charge in [0.2, 0.25) is 0 Å². The molecule has 7 nitrogen and oxygen atoms in total. The van der Waals surface area contributed by atoms with E-state index >= 15 is 8.78 Å². The van der Waals surface area contributed by atoms with E-state index in [2.05, 4.69) is 16.0 Å². The number of nitriles is 1. The lowest BCUT2D eigenvalue weighted by molar-refractivity contribution is -0.185. The summed E-state index contributed by atoms with van der Waals surface area (Å²) in [6.45, 7) is -0.407. The van der Waals surface area contributed by atoms with Crippen molar-refractivity contribution in [1.82, 2.24) is 19.8 Å². The molecule has 2 aromatic heterocycles. The lowest BCUT2D eigenvalue weighted by Gasteiger charge is -2.43. The second-order valence-electron chi connectivity index (χ2n) is 14.6. The van der Waals surface area contributed by atoms with Crippen molar-refractivity contribution in [1.29, 1.82) is 5.26 Å². The van der Waals surface area contributed by atoms with Crippen molar-refractivity contribution >= 4 is 50.9 Å². The lowest BCUT2D eigenvalue weighted by atomic mass is 9.79. The number of fused-ring (bicyclic) bond motifs is 6. The Morgan fingerprint density at radius 3 is 2.68 bits per heavy atom. The number of benzene rings is 2. The van der Waals surface area contributed by atoms with Gasteiger partial charge in [0.05, 0.1) is 39.8 Å². The number of nitrogens with zero attached hydrogens (tertiary/aromatic N) is 4. The highest BCUT2D eigenvalue weighted by atomic mass is 35.5. The molecule has 260 valence electrons. The maximum atomic E-state index is 17.1. The van der Waals surface area contributed by atoms with Gasteiger partial charge in [-0.2, -0.15) is 14.0 Å². The number of hydrogen-bond donors (Lipinski definition) is 1. The predicted octanol–water partition coefficient (Wildman–Crippen LogP) is 8.37. The zero-order chi connectivity index (χ0) is 34.8. The number of aryl methyl sites for hydroxylation is 2. The Hall–Kier alpha value is -3.43. The average Bonchev–Trinajstić information content (AvgIpc) is 3.63. The summed E-state index contributed by atoms with van der Waals surface area (Å²) in [6.07, 6.45) is 1.42. The number of nitrogens with one attached hydrogen (secondary N) is 1. The van der Waals surface area contributed by atoms with Crippen molar-refractivity contribution < 1.29 is 27.1 Å². The number of hydrogen-bond acceptors (Lipinski definition) is 5. The van der Waals surface area contributed by atoms with Crippen molar-refractivity contribution in [3.8, 4) is 17.2 Å². The fraction of sp³-hybridized carbons (Fsp3) is 0.486. The number of piperidine rings is 1. The number of ether oxygens (including phenoxy) is 1. The number of carbonyl (C=O) groups excluding carboxylic acids is 1. The van der Waals surface area contributed by atoms with Gasteiger partial charge >= 0.3 is 6.61 Å². The van der Waals surface area contributed by atoms with Crippen LogP contribution in [-0.4, -0.2) is 57.4 Å². The first-order valence-electron chi connectivity index (χ1n) is 17.2. The predicted molar refractivity (Wildman–Crippen MR) is 180 cm³/mol. The number of halogens is 6. The van der Waals surface area contributed by atoms with E-state index in [1.807, 2.05) is 12.1 Å². The number of amides is 1. The molecule has 0 unspecified atom stereocenters. The Kier molecular flexibility index (Phi) is 7.50. The molecule has 4 aromatic rings. The topological polar surface area (TPSA) is 83.2 Å². The van der Waals surface area contributed by atoms with E-state index in [9.17, 15) is 18.8 Å². The van der Waals surface area contributed by atoms with Gasteiger partial charge in [-0.1, -0.05) is 35.3 Å². The molecular weight excluding hydrogens is 693 g/mol. The number of carbonyl (C=O) groups is 1. The van der Waals surface area contributed by atoms with Gasteiger partial charge in [0.1, 0.15) is 5.52 Å². The largest absolute Gasteiger partial charge is 0.345 e. The zero-order valence-corrected chi connectivity index (χ0v) is 28.5. The van der Waals surface area contributed by atoms with E-state index in [4.69, 9.17) is 32.9 Å². The average molecular weight is 727 g/mol. The van der Waals surface area contributed by atoms with Crippen LogP contribution >= 0.6 is 23.2 Å². The summed E-state index contributed by atoms with van der Waals surface area (Å²) in [5.41, 5.74) is 1.32. The molecule has 3 aliphatic heterocycles. The summed E-state index contributed by atoms with van der Waals surface area (Å²) in [5.74, 6) is -1.42. The highest BCUT2D eigenvalue weighted by Crippen LogP contribution is 2.58. The van der Waals surface area contributed by atoms with Crippen LogP contribution in [0, 0.1) is 35.9 Å². The molecule has 3 aliphatic carbocycles. The number of alkyl halides is 3. The van der Waals surface area contributed by atoms with Crippen LogP contribution < -0.4 is 5.32 Å². The third-order valence-electron chi connectivity index (χ3n) is 11.9. The van der Waals surface area contributed by atoms with Gasteiger partial charge in [0, 0.05) is 64.3 Å². The molecule has 2 aromatic carbocycles. The molecule has 10 rings (SSSR count). The second-order valence-corrected chi connectivity index (χ2v) is 15.4. The molecule has 13 heteroatoms. The van der Waals surface area contributed by atoms with Gasteiger partial charge < -0.3 is 19.5 Å². The third-order valence-corrected chi connectivity index (χ3v) is 12.8. The molecule has 1 amide bonds. The van der Waals surface area contributed by atoms with Crippen LogP contribution in [0.25, 0.3) is 32.9 Å². The Labute approximate surface area is 295 Å².